The molecular weight excluding hydrogens is 413 g/mol. The van der Waals surface area contributed by atoms with Crippen LogP contribution in [0.2, 0.25) is 15.1 Å². The molecule has 0 saturated heterocycles. The monoisotopic (exact) mass is 427 g/mol. The third-order valence-electron chi connectivity index (χ3n) is 3.66. The van der Waals surface area contributed by atoms with Crippen LogP contribution in [0.4, 0.5) is 0 Å². The highest BCUT2D eigenvalue weighted by Crippen LogP contribution is 2.28. The lowest BCUT2D eigenvalue weighted by molar-refractivity contribution is 0.288. The fourth-order valence-electron chi connectivity index (χ4n) is 2.31. The highest BCUT2D eigenvalue weighted by atomic mass is 35.5. The third-order valence-corrected chi connectivity index (χ3v) is 5.52. The van der Waals surface area contributed by atoms with Crippen LogP contribution in [0.15, 0.2) is 47.6 Å². The van der Waals surface area contributed by atoms with Gasteiger partial charge in [0, 0.05) is 27.4 Å². The van der Waals surface area contributed by atoms with Crippen LogP contribution in [0.3, 0.4) is 0 Å². The zero-order chi connectivity index (χ0) is 18.5. The molecule has 0 atom stereocenters. The first-order valence-corrected chi connectivity index (χ1v) is 10.1. The molecule has 0 aliphatic carbocycles. The Morgan fingerprint density at radius 2 is 1.73 bits per heavy atom. The molecular formula is C18H16Cl3N3OS. The SMILES string of the molecule is CCn1c(COc2ccc(Cl)cc2)nnc1SCc1ccc(Cl)cc1Cl. The lowest BCUT2D eigenvalue weighted by atomic mass is 10.2. The van der Waals surface area contributed by atoms with Crippen LogP contribution in [0.25, 0.3) is 0 Å². The molecule has 1 heterocycles. The Kier molecular flexibility index (Phi) is 6.70. The molecule has 8 heteroatoms. The molecule has 2 aromatic carbocycles. The van der Waals surface area contributed by atoms with Gasteiger partial charge in [0.2, 0.25) is 0 Å². The van der Waals surface area contributed by atoms with Gasteiger partial charge in [-0.05, 0) is 48.9 Å². The van der Waals surface area contributed by atoms with Crippen molar-refractivity contribution < 1.29 is 4.74 Å². The first-order valence-electron chi connectivity index (χ1n) is 7.94. The molecule has 3 rings (SSSR count). The summed E-state index contributed by atoms with van der Waals surface area (Å²) in [5.74, 6) is 2.20. The fourth-order valence-corrected chi connectivity index (χ4v) is 4.02. The van der Waals surface area contributed by atoms with E-state index in [-0.39, 0.29) is 0 Å². The maximum Gasteiger partial charge on any atom is 0.191 e. The molecule has 0 fully saturated rings. The molecule has 0 unspecified atom stereocenters. The standard InChI is InChI=1S/C18H16Cl3N3OS/c1-2-24-17(10-25-15-7-5-13(19)6-8-15)22-23-18(24)26-11-12-3-4-14(20)9-16(12)21/h3-9H,2,10-11H2,1H3. The van der Waals surface area contributed by atoms with Crippen molar-refractivity contribution in [2.24, 2.45) is 0 Å². The number of halogens is 3. The molecule has 0 N–H and O–H groups in total. The van der Waals surface area contributed by atoms with E-state index in [1.54, 1.807) is 30.0 Å². The molecule has 26 heavy (non-hydrogen) atoms. The van der Waals surface area contributed by atoms with E-state index in [0.717, 1.165) is 28.8 Å². The maximum atomic E-state index is 6.23. The van der Waals surface area contributed by atoms with Gasteiger partial charge in [0.25, 0.3) is 0 Å². The van der Waals surface area contributed by atoms with Crippen molar-refractivity contribution >= 4 is 46.6 Å². The molecule has 136 valence electrons. The summed E-state index contributed by atoms with van der Waals surface area (Å²) in [5.41, 5.74) is 1.01. The van der Waals surface area contributed by atoms with Crippen LogP contribution in [0.5, 0.6) is 5.75 Å². The van der Waals surface area contributed by atoms with E-state index in [0.29, 0.717) is 27.4 Å². The number of aromatic nitrogens is 3. The summed E-state index contributed by atoms with van der Waals surface area (Å²) in [4.78, 5) is 0. The van der Waals surface area contributed by atoms with Crippen LogP contribution in [0.1, 0.15) is 18.3 Å². The van der Waals surface area contributed by atoms with Crippen LogP contribution in [-0.2, 0) is 18.9 Å². The summed E-state index contributed by atoms with van der Waals surface area (Å²) in [6.07, 6.45) is 0. The Labute approximate surface area is 171 Å². The highest BCUT2D eigenvalue weighted by molar-refractivity contribution is 7.98. The second-order valence-corrected chi connectivity index (χ2v) is 7.63. The van der Waals surface area contributed by atoms with Crippen molar-refractivity contribution in [1.29, 1.82) is 0 Å². The van der Waals surface area contributed by atoms with Gasteiger partial charge in [-0.2, -0.15) is 0 Å². The molecule has 0 amide bonds. The summed E-state index contributed by atoms with van der Waals surface area (Å²) in [5, 5.41) is 11.3. The average molecular weight is 429 g/mol. The predicted octanol–water partition coefficient (Wildman–Crippen LogP) is 6.13. The van der Waals surface area contributed by atoms with E-state index < -0.39 is 0 Å². The van der Waals surface area contributed by atoms with Gasteiger partial charge in [0.05, 0.1) is 0 Å². The molecule has 3 aromatic rings. The largest absolute Gasteiger partial charge is 0.486 e. The van der Waals surface area contributed by atoms with Gasteiger partial charge < -0.3 is 9.30 Å². The molecule has 0 spiro atoms. The average Bonchev–Trinajstić information content (AvgIpc) is 3.02. The molecule has 0 radical (unpaired) electrons. The van der Waals surface area contributed by atoms with Crippen LogP contribution in [-0.4, -0.2) is 14.8 Å². The molecule has 1 aromatic heterocycles. The maximum absolute atomic E-state index is 6.23. The zero-order valence-electron chi connectivity index (χ0n) is 14.0. The van der Waals surface area contributed by atoms with Crippen molar-refractivity contribution in [3.05, 3.63) is 68.9 Å². The second kappa shape index (κ2) is 9.00. The molecule has 4 nitrogen and oxygen atoms in total. The number of thioether (sulfide) groups is 1. The summed E-state index contributed by atoms with van der Waals surface area (Å²) in [6, 6.07) is 12.7. The van der Waals surface area contributed by atoms with Gasteiger partial charge in [-0.25, -0.2) is 0 Å². The first-order chi connectivity index (χ1) is 12.6. The lowest BCUT2D eigenvalue weighted by Crippen LogP contribution is -2.07. The predicted molar refractivity (Wildman–Crippen MR) is 108 cm³/mol. The van der Waals surface area contributed by atoms with Crippen molar-refractivity contribution in [3.8, 4) is 5.75 Å². The molecule has 0 saturated carbocycles. The topological polar surface area (TPSA) is 39.9 Å². The van der Waals surface area contributed by atoms with Gasteiger partial charge in [-0.3, -0.25) is 0 Å². The van der Waals surface area contributed by atoms with Crippen molar-refractivity contribution in [3.63, 3.8) is 0 Å². The molecule has 0 aliphatic rings. The smallest absolute Gasteiger partial charge is 0.191 e. The molecule has 0 aliphatic heterocycles. The van der Waals surface area contributed by atoms with Crippen molar-refractivity contribution in [1.82, 2.24) is 14.8 Å². The lowest BCUT2D eigenvalue weighted by Gasteiger charge is -2.09. The number of benzene rings is 2. The Hall–Kier alpha value is -1.40. The van der Waals surface area contributed by atoms with Crippen molar-refractivity contribution in [2.45, 2.75) is 31.0 Å². The summed E-state index contributed by atoms with van der Waals surface area (Å²) in [6.45, 7) is 3.14. The Morgan fingerprint density at radius 3 is 2.42 bits per heavy atom. The summed E-state index contributed by atoms with van der Waals surface area (Å²) >= 11 is 19.6. The van der Waals surface area contributed by atoms with E-state index in [1.165, 1.54) is 0 Å². The number of ether oxygens (including phenoxy) is 1. The number of hydrogen-bond donors (Lipinski definition) is 0. The second-order valence-electron chi connectivity index (χ2n) is 5.41. The van der Waals surface area contributed by atoms with Crippen LogP contribution in [0, 0.1) is 0 Å². The Morgan fingerprint density at radius 1 is 1.00 bits per heavy atom. The minimum Gasteiger partial charge on any atom is -0.486 e. The highest BCUT2D eigenvalue weighted by Gasteiger charge is 2.13. The van der Waals surface area contributed by atoms with E-state index in [1.807, 2.05) is 28.8 Å². The first kappa shape index (κ1) is 19.4. The van der Waals surface area contributed by atoms with Gasteiger partial charge in [-0.1, -0.05) is 52.6 Å². The van der Waals surface area contributed by atoms with Gasteiger partial charge in [0.15, 0.2) is 11.0 Å². The quantitative estimate of drug-likeness (QED) is 0.424. The third kappa shape index (κ3) is 4.86. The Bertz CT molecular complexity index is 884. The zero-order valence-corrected chi connectivity index (χ0v) is 17.0. The minimum absolute atomic E-state index is 0.338. The van der Waals surface area contributed by atoms with Crippen molar-refractivity contribution in [2.75, 3.05) is 0 Å². The van der Waals surface area contributed by atoms with E-state index in [2.05, 4.69) is 17.1 Å². The number of hydrogen-bond acceptors (Lipinski definition) is 4. The minimum atomic E-state index is 0.338. The fraction of sp³-hybridized carbons (Fsp3) is 0.222. The van der Waals surface area contributed by atoms with E-state index in [9.17, 15) is 0 Å². The van der Waals surface area contributed by atoms with E-state index in [4.69, 9.17) is 39.5 Å². The summed E-state index contributed by atoms with van der Waals surface area (Å²) < 4.78 is 7.80. The van der Waals surface area contributed by atoms with Gasteiger partial charge >= 0.3 is 0 Å². The normalized spacial score (nSPS) is 10.9. The van der Waals surface area contributed by atoms with Gasteiger partial charge in [0.1, 0.15) is 12.4 Å². The van der Waals surface area contributed by atoms with Crippen LogP contribution < -0.4 is 4.74 Å². The number of nitrogens with zero attached hydrogens (tertiary/aromatic N) is 3. The van der Waals surface area contributed by atoms with Crippen LogP contribution >= 0.6 is 46.6 Å². The van der Waals surface area contributed by atoms with Gasteiger partial charge in [-0.15, -0.1) is 10.2 Å². The van der Waals surface area contributed by atoms with E-state index >= 15 is 0 Å². The molecule has 0 bridgehead atoms. The number of rotatable bonds is 7. The summed E-state index contributed by atoms with van der Waals surface area (Å²) in [7, 11) is 0. The Balaban J connectivity index is 1.66.